The molecule has 0 saturated heterocycles. The van der Waals surface area contributed by atoms with Crippen molar-refractivity contribution < 1.29 is 45.8 Å². The van der Waals surface area contributed by atoms with Crippen molar-refractivity contribution in [1.29, 1.82) is 0 Å². The van der Waals surface area contributed by atoms with E-state index in [0.717, 1.165) is 6.07 Å². The van der Waals surface area contributed by atoms with E-state index in [-0.39, 0.29) is 35.0 Å². The van der Waals surface area contributed by atoms with Gasteiger partial charge < -0.3 is 9.84 Å². The molecular formula is C28H28ClF6N3O5. The third-order valence-electron chi connectivity index (χ3n) is 6.54. The van der Waals surface area contributed by atoms with Crippen LogP contribution in [0.25, 0.3) is 11.4 Å². The number of aliphatic hydroxyl groups excluding tert-OH is 1. The van der Waals surface area contributed by atoms with Gasteiger partial charge in [-0.1, -0.05) is 29.8 Å². The number of rotatable bonds is 14. The third-order valence-corrected chi connectivity index (χ3v) is 6.79. The van der Waals surface area contributed by atoms with Gasteiger partial charge in [-0.05, 0) is 48.2 Å². The van der Waals surface area contributed by atoms with Gasteiger partial charge in [0, 0.05) is 43.6 Å². The topological polar surface area (TPSA) is 103 Å². The molecule has 43 heavy (non-hydrogen) atoms. The summed E-state index contributed by atoms with van der Waals surface area (Å²) < 4.78 is 86.8. The lowest BCUT2D eigenvalue weighted by atomic mass is 9.85. The molecule has 0 fully saturated rings. The number of carbonyl (C=O) groups is 2. The van der Waals surface area contributed by atoms with Gasteiger partial charge in [0.25, 0.3) is 0 Å². The summed E-state index contributed by atoms with van der Waals surface area (Å²) in [4.78, 5) is 38.9. The first-order chi connectivity index (χ1) is 20.1. The average Bonchev–Trinajstić information content (AvgIpc) is 3.22. The van der Waals surface area contributed by atoms with E-state index in [1.165, 1.54) is 49.6 Å². The maximum absolute atomic E-state index is 13.8. The van der Waals surface area contributed by atoms with Crippen molar-refractivity contribution in [2.24, 2.45) is 0 Å². The first-order valence-corrected chi connectivity index (χ1v) is 13.4. The molecule has 0 aliphatic rings. The lowest BCUT2D eigenvalue weighted by Crippen LogP contribution is -2.37. The van der Waals surface area contributed by atoms with Crippen LogP contribution < -0.4 is 5.69 Å². The molecule has 1 N–H and O–H groups in total. The molecule has 8 nitrogen and oxygen atoms in total. The molecule has 15 heteroatoms. The second kappa shape index (κ2) is 14.3. The molecule has 0 saturated carbocycles. The number of hydrogen-bond acceptors (Lipinski definition) is 6. The summed E-state index contributed by atoms with van der Waals surface area (Å²) in [6, 6.07) is 10.0. The van der Waals surface area contributed by atoms with Crippen molar-refractivity contribution in [3.63, 3.8) is 0 Å². The van der Waals surface area contributed by atoms with Crippen LogP contribution in [0.1, 0.15) is 42.7 Å². The van der Waals surface area contributed by atoms with Crippen LogP contribution in [-0.4, -0.2) is 57.0 Å². The SMILES string of the molecule is COCCCC(=O)C[C@H](CC(=O)Cn1nc(-c2ccc(Cl)cc2)n(C[C@H](O)C(F)(F)F)c1=O)c1ccccc1C(F)(F)F. The van der Waals surface area contributed by atoms with E-state index in [1.807, 2.05) is 0 Å². The molecule has 0 aliphatic carbocycles. The van der Waals surface area contributed by atoms with Gasteiger partial charge in [-0.2, -0.15) is 26.3 Å². The van der Waals surface area contributed by atoms with Crippen LogP contribution in [0.5, 0.6) is 0 Å². The Labute approximate surface area is 246 Å². The molecule has 0 unspecified atom stereocenters. The standard InChI is InChI=1S/C28H28ClF6N3O5/c1-43-12-4-5-20(39)13-18(22-6-2-3-7-23(22)27(30,31)32)14-21(40)15-38-26(42)37(16-24(41)28(33,34)35)25(36-38)17-8-10-19(29)11-9-17/h2-3,6-11,18,24,41H,4-5,12-16H2,1H3/t18-,24+/m1/s1. The largest absolute Gasteiger partial charge is 0.416 e. The van der Waals surface area contributed by atoms with E-state index >= 15 is 0 Å². The van der Waals surface area contributed by atoms with Crippen molar-refractivity contribution >= 4 is 23.2 Å². The van der Waals surface area contributed by atoms with Crippen molar-refractivity contribution in [3.8, 4) is 11.4 Å². The van der Waals surface area contributed by atoms with Crippen LogP contribution in [0, 0.1) is 0 Å². The summed E-state index contributed by atoms with van der Waals surface area (Å²) >= 11 is 5.87. The molecule has 234 valence electrons. The number of ether oxygens (including phenoxy) is 1. The first-order valence-electron chi connectivity index (χ1n) is 13.0. The fraction of sp³-hybridized carbons (Fsp3) is 0.429. The monoisotopic (exact) mass is 635 g/mol. The Kier molecular flexibility index (Phi) is 11.3. The highest BCUT2D eigenvalue weighted by Crippen LogP contribution is 2.38. The number of halogens is 7. The van der Waals surface area contributed by atoms with Crippen molar-refractivity contribution in [2.75, 3.05) is 13.7 Å². The van der Waals surface area contributed by atoms with Crippen molar-refractivity contribution in [3.05, 3.63) is 75.2 Å². The maximum Gasteiger partial charge on any atom is 0.416 e. The van der Waals surface area contributed by atoms with Crippen LogP contribution in [0.3, 0.4) is 0 Å². The lowest BCUT2D eigenvalue weighted by Gasteiger charge is -2.21. The van der Waals surface area contributed by atoms with E-state index in [9.17, 15) is 45.8 Å². The van der Waals surface area contributed by atoms with E-state index in [4.69, 9.17) is 16.3 Å². The van der Waals surface area contributed by atoms with Gasteiger partial charge in [0.05, 0.1) is 12.1 Å². The van der Waals surface area contributed by atoms with E-state index in [1.54, 1.807) is 0 Å². The van der Waals surface area contributed by atoms with Gasteiger partial charge in [-0.3, -0.25) is 14.2 Å². The molecule has 2 aromatic carbocycles. The smallest absolute Gasteiger partial charge is 0.385 e. The minimum atomic E-state index is -5.07. The number of hydrogen-bond donors (Lipinski definition) is 1. The number of Topliss-reactive ketones (excluding diaryl/α,β-unsaturated/α-hetero) is 2. The highest BCUT2D eigenvalue weighted by atomic mass is 35.5. The van der Waals surface area contributed by atoms with Gasteiger partial charge in [0.2, 0.25) is 0 Å². The summed E-state index contributed by atoms with van der Waals surface area (Å²) in [6.45, 7) is -1.79. The lowest BCUT2D eigenvalue weighted by molar-refractivity contribution is -0.207. The molecule has 0 aliphatic heterocycles. The molecule has 0 bridgehead atoms. The number of benzene rings is 2. The molecule has 0 radical (unpaired) electrons. The Morgan fingerprint density at radius 2 is 1.63 bits per heavy atom. The molecular weight excluding hydrogens is 608 g/mol. The summed E-state index contributed by atoms with van der Waals surface area (Å²) in [5.41, 5.74) is -2.31. The van der Waals surface area contributed by atoms with Gasteiger partial charge in [0.1, 0.15) is 12.3 Å². The normalized spacial score (nSPS) is 13.6. The summed E-state index contributed by atoms with van der Waals surface area (Å²) in [5, 5.41) is 13.9. The highest BCUT2D eigenvalue weighted by molar-refractivity contribution is 6.30. The summed E-state index contributed by atoms with van der Waals surface area (Å²) in [7, 11) is 1.43. The van der Waals surface area contributed by atoms with Crippen molar-refractivity contribution in [1.82, 2.24) is 14.3 Å². The fourth-order valence-electron chi connectivity index (χ4n) is 4.50. The number of aliphatic hydroxyl groups is 1. The second-order valence-electron chi connectivity index (χ2n) is 9.80. The van der Waals surface area contributed by atoms with Gasteiger partial charge in [0.15, 0.2) is 17.7 Å². The summed E-state index contributed by atoms with van der Waals surface area (Å²) in [6.07, 6.45) is -13.5. The van der Waals surface area contributed by atoms with Crippen LogP contribution in [-0.2, 0) is 33.6 Å². The molecule has 0 amide bonds. The Morgan fingerprint density at radius 3 is 2.23 bits per heavy atom. The molecule has 3 rings (SSSR count). The fourth-order valence-corrected chi connectivity index (χ4v) is 4.62. The molecule has 3 aromatic rings. The number of ketones is 2. The zero-order chi connectivity index (χ0) is 31.9. The molecule has 1 aromatic heterocycles. The van der Waals surface area contributed by atoms with Gasteiger partial charge in [-0.15, -0.1) is 5.10 Å². The Balaban J connectivity index is 1.95. The zero-order valence-electron chi connectivity index (χ0n) is 22.8. The Hall–Kier alpha value is -3.49. The predicted molar refractivity (Wildman–Crippen MR) is 144 cm³/mol. The van der Waals surface area contributed by atoms with Gasteiger partial charge in [-0.25, -0.2) is 9.48 Å². The van der Waals surface area contributed by atoms with Crippen LogP contribution in [0.15, 0.2) is 53.3 Å². The average molecular weight is 636 g/mol. The maximum atomic E-state index is 13.8. The Bertz CT molecular complexity index is 1470. The number of carbonyl (C=O) groups excluding carboxylic acids is 2. The first kappa shape index (κ1) is 34.0. The van der Waals surface area contributed by atoms with Crippen LogP contribution in [0.2, 0.25) is 5.02 Å². The molecule has 2 atom stereocenters. The Morgan fingerprint density at radius 1 is 1.00 bits per heavy atom. The summed E-state index contributed by atoms with van der Waals surface area (Å²) in [5.74, 6) is -2.71. The van der Waals surface area contributed by atoms with E-state index < -0.39 is 73.1 Å². The third kappa shape index (κ3) is 9.25. The quantitative estimate of drug-likeness (QED) is 0.187. The van der Waals surface area contributed by atoms with Crippen LogP contribution in [0.4, 0.5) is 26.3 Å². The second-order valence-corrected chi connectivity index (χ2v) is 10.2. The molecule has 1 heterocycles. The molecule has 0 spiro atoms. The van der Waals surface area contributed by atoms with Crippen molar-refractivity contribution in [2.45, 2.75) is 63.1 Å². The number of alkyl halides is 6. The highest BCUT2D eigenvalue weighted by Gasteiger charge is 2.40. The van der Waals surface area contributed by atoms with Crippen LogP contribution >= 0.6 is 11.6 Å². The van der Waals surface area contributed by atoms with Gasteiger partial charge >= 0.3 is 18.0 Å². The number of aromatic nitrogens is 3. The zero-order valence-corrected chi connectivity index (χ0v) is 23.5. The van der Waals surface area contributed by atoms with E-state index in [2.05, 4.69) is 5.10 Å². The number of nitrogens with zero attached hydrogens (tertiary/aromatic N) is 3. The predicted octanol–water partition coefficient (Wildman–Crippen LogP) is 5.44. The number of methoxy groups -OCH3 is 1. The minimum absolute atomic E-state index is 0.00254. The van der Waals surface area contributed by atoms with E-state index in [0.29, 0.717) is 15.7 Å². The minimum Gasteiger partial charge on any atom is -0.385 e.